The molecular formula is C8H14N2O3S. The van der Waals surface area contributed by atoms with Gasteiger partial charge in [-0.3, -0.25) is 0 Å². The Morgan fingerprint density at radius 2 is 2.29 bits per heavy atom. The highest BCUT2D eigenvalue weighted by Gasteiger charge is 2.32. The quantitative estimate of drug-likeness (QED) is 0.707. The van der Waals surface area contributed by atoms with E-state index in [-0.39, 0.29) is 23.6 Å². The summed E-state index contributed by atoms with van der Waals surface area (Å²) in [6.45, 7) is 3.36. The molecule has 6 heteroatoms. The molecule has 1 aliphatic heterocycles. The lowest BCUT2D eigenvalue weighted by Crippen LogP contribution is -2.42. The molecule has 2 amide bonds. The fraction of sp³-hybridized carbons (Fsp3) is 0.625. The monoisotopic (exact) mass is 218 g/mol. The lowest BCUT2D eigenvalue weighted by atomic mass is 10.2. The molecule has 0 aromatic carbocycles. The molecule has 1 fully saturated rings. The first-order valence-corrected chi connectivity index (χ1v) is 6.13. The fourth-order valence-corrected chi connectivity index (χ4v) is 3.21. The van der Waals surface area contributed by atoms with Crippen molar-refractivity contribution < 1.29 is 13.2 Å². The first-order chi connectivity index (χ1) is 6.46. The molecule has 0 radical (unpaired) electrons. The van der Waals surface area contributed by atoms with Crippen molar-refractivity contribution in [1.29, 1.82) is 0 Å². The summed E-state index contributed by atoms with van der Waals surface area (Å²) in [7, 11) is -1.35. The number of sulfone groups is 1. The number of hydrogen-bond donors (Lipinski definition) is 1. The van der Waals surface area contributed by atoms with Gasteiger partial charge >= 0.3 is 6.03 Å². The van der Waals surface area contributed by atoms with Crippen LogP contribution in [0.5, 0.6) is 0 Å². The molecule has 0 aliphatic carbocycles. The van der Waals surface area contributed by atoms with E-state index in [0.29, 0.717) is 6.42 Å². The van der Waals surface area contributed by atoms with E-state index in [2.05, 4.69) is 11.9 Å². The van der Waals surface area contributed by atoms with E-state index < -0.39 is 9.84 Å². The van der Waals surface area contributed by atoms with Crippen molar-refractivity contribution in [2.24, 2.45) is 0 Å². The Bertz CT molecular complexity index is 336. The molecule has 0 aromatic rings. The summed E-state index contributed by atoms with van der Waals surface area (Å²) in [5, 5.41) is 2.41. The smallest absolute Gasteiger partial charge is 0.321 e. The molecule has 0 saturated carbocycles. The van der Waals surface area contributed by atoms with Gasteiger partial charge < -0.3 is 10.2 Å². The van der Waals surface area contributed by atoms with E-state index in [0.717, 1.165) is 0 Å². The Morgan fingerprint density at radius 1 is 1.64 bits per heavy atom. The van der Waals surface area contributed by atoms with E-state index in [9.17, 15) is 13.2 Å². The van der Waals surface area contributed by atoms with Crippen molar-refractivity contribution >= 4 is 15.9 Å². The minimum Gasteiger partial charge on any atom is -0.324 e. The van der Waals surface area contributed by atoms with Gasteiger partial charge in [-0.1, -0.05) is 6.58 Å². The summed E-state index contributed by atoms with van der Waals surface area (Å²) in [4.78, 5) is 12.7. The SMILES string of the molecule is C=CNC(=O)N(C)C1CCS(=O)(=O)C1. The van der Waals surface area contributed by atoms with Crippen molar-refractivity contribution in [2.75, 3.05) is 18.6 Å². The van der Waals surface area contributed by atoms with Gasteiger partial charge in [0.1, 0.15) is 0 Å². The van der Waals surface area contributed by atoms with Crippen LogP contribution in [0.15, 0.2) is 12.8 Å². The second-order valence-electron chi connectivity index (χ2n) is 3.32. The van der Waals surface area contributed by atoms with Gasteiger partial charge in [0.15, 0.2) is 9.84 Å². The largest absolute Gasteiger partial charge is 0.324 e. The first-order valence-electron chi connectivity index (χ1n) is 4.31. The number of rotatable bonds is 2. The molecule has 5 nitrogen and oxygen atoms in total. The summed E-state index contributed by atoms with van der Waals surface area (Å²) in [6.07, 6.45) is 1.80. The van der Waals surface area contributed by atoms with Crippen LogP contribution in [0.25, 0.3) is 0 Å². The Kier molecular flexibility index (Phi) is 3.15. The standard InChI is InChI=1S/C8H14N2O3S/c1-3-9-8(11)10(2)7-4-5-14(12,13)6-7/h3,7H,1,4-6H2,2H3,(H,9,11). The zero-order valence-electron chi connectivity index (χ0n) is 8.06. The van der Waals surface area contributed by atoms with Crippen LogP contribution in [0.2, 0.25) is 0 Å². The summed E-state index contributed by atoms with van der Waals surface area (Å²) in [5.41, 5.74) is 0. The number of nitrogens with zero attached hydrogens (tertiary/aromatic N) is 1. The Balaban J connectivity index is 2.59. The molecule has 1 rings (SSSR count). The maximum atomic E-state index is 11.3. The third-order valence-electron chi connectivity index (χ3n) is 2.30. The predicted octanol–water partition coefficient (Wildman–Crippen LogP) is -0.0416. The zero-order chi connectivity index (χ0) is 10.8. The predicted molar refractivity (Wildman–Crippen MR) is 53.6 cm³/mol. The van der Waals surface area contributed by atoms with Gasteiger partial charge in [-0.15, -0.1) is 0 Å². The van der Waals surface area contributed by atoms with Crippen LogP contribution in [-0.2, 0) is 9.84 Å². The molecule has 1 saturated heterocycles. The van der Waals surface area contributed by atoms with E-state index in [4.69, 9.17) is 0 Å². The molecule has 80 valence electrons. The van der Waals surface area contributed by atoms with E-state index >= 15 is 0 Å². The molecule has 1 heterocycles. The van der Waals surface area contributed by atoms with E-state index in [1.54, 1.807) is 7.05 Å². The molecule has 1 N–H and O–H groups in total. The summed E-state index contributed by atoms with van der Waals surface area (Å²) in [6, 6.07) is -0.526. The molecular weight excluding hydrogens is 204 g/mol. The molecule has 1 unspecified atom stereocenters. The van der Waals surface area contributed by atoms with Gasteiger partial charge in [-0.25, -0.2) is 13.2 Å². The van der Waals surface area contributed by atoms with Gasteiger partial charge in [0.05, 0.1) is 11.5 Å². The minimum atomic E-state index is -2.94. The number of urea groups is 1. The Labute approximate surface area is 83.7 Å². The van der Waals surface area contributed by atoms with Crippen LogP contribution in [-0.4, -0.2) is 43.9 Å². The number of nitrogens with one attached hydrogen (secondary N) is 1. The second kappa shape index (κ2) is 4.00. The third kappa shape index (κ3) is 2.47. The average Bonchev–Trinajstić information content (AvgIpc) is 2.45. The maximum absolute atomic E-state index is 11.3. The van der Waals surface area contributed by atoms with Crippen LogP contribution in [0, 0.1) is 0 Å². The van der Waals surface area contributed by atoms with Crippen LogP contribution >= 0.6 is 0 Å². The number of amides is 2. The van der Waals surface area contributed by atoms with E-state index in [1.165, 1.54) is 11.1 Å². The first kappa shape index (κ1) is 11.0. The summed E-state index contributed by atoms with van der Waals surface area (Å²) < 4.78 is 22.3. The van der Waals surface area contributed by atoms with Crippen molar-refractivity contribution in [1.82, 2.24) is 10.2 Å². The molecule has 1 atom stereocenters. The highest BCUT2D eigenvalue weighted by molar-refractivity contribution is 7.91. The van der Waals surface area contributed by atoms with Gasteiger partial charge in [-0.05, 0) is 12.6 Å². The van der Waals surface area contributed by atoms with Crippen molar-refractivity contribution in [3.63, 3.8) is 0 Å². The summed E-state index contributed by atoms with van der Waals surface area (Å²) >= 11 is 0. The topological polar surface area (TPSA) is 66.5 Å². The maximum Gasteiger partial charge on any atom is 0.321 e. The van der Waals surface area contributed by atoms with Gasteiger partial charge in [0.25, 0.3) is 0 Å². The lowest BCUT2D eigenvalue weighted by molar-refractivity contribution is 0.199. The summed E-state index contributed by atoms with van der Waals surface area (Å²) in [5.74, 6) is 0.234. The van der Waals surface area contributed by atoms with Crippen molar-refractivity contribution in [3.05, 3.63) is 12.8 Å². The highest BCUT2D eigenvalue weighted by atomic mass is 32.2. The minimum absolute atomic E-state index is 0.0636. The molecule has 0 aromatic heterocycles. The van der Waals surface area contributed by atoms with Gasteiger partial charge in [0.2, 0.25) is 0 Å². The van der Waals surface area contributed by atoms with Crippen molar-refractivity contribution in [3.8, 4) is 0 Å². The number of carbonyl (C=O) groups is 1. The number of carbonyl (C=O) groups excluding carboxylic acids is 1. The molecule has 1 aliphatic rings. The zero-order valence-corrected chi connectivity index (χ0v) is 8.88. The highest BCUT2D eigenvalue weighted by Crippen LogP contribution is 2.16. The lowest BCUT2D eigenvalue weighted by Gasteiger charge is -2.22. The third-order valence-corrected chi connectivity index (χ3v) is 4.05. The molecule has 0 bridgehead atoms. The van der Waals surface area contributed by atoms with Crippen molar-refractivity contribution in [2.45, 2.75) is 12.5 Å². The molecule has 14 heavy (non-hydrogen) atoms. The number of hydrogen-bond acceptors (Lipinski definition) is 3. The van der Waals surface area contributed by atoms with Crippen LogP contribution in [0.4, 0.5) is 4.79 Å². The normalized spacial score (nSPS) is 24.2. The second-order valence-corrected chi connectivity index (χ2v) is 5.55. The van der Waals surface area contributed by atoms with Crippen LogP contribution < -0.4 is 5.32 Å². The van der Waals surface area contributed by atoms with Crippen LogP contribution in [0.3, 0.4) is 0 Å². The average molecular weight is 218 g/mol. The van der Waals surface area contributed by atoms with Gasteiger partial charge in [-0.2, -0.15) is 0 Å². The Hall–Kier alpha value is -1.04. The van der Waals surface area contributed by atoms with Crippen LogP contribution in [0.1, 0.15) is 6.42 Å². The van der Waals surface area contributed by atoms with Gasteiger partial charge in [0, 0.05) is 13.1 Å². The Morgan fingerprint density at radius 3 is 2.71 bits per heavy atom. The van der Waals surface area contributed by atoms with E-state index in [1.807, 2.05) is 0 Å². The molecule has 0 spiro atoms. The fourth-order valence-electron chi connectivity index (χ4n) is 1.44.